The molecule has 3 rings (SSSR count). The standard InChI is InChI=1S/C18H21N3O7/c19-13-8-9-21(17(25)20-13)18(26)16(24)15(23)12(28-18)10-27-14(22)7-6-11-4-2-1-3-5-11/h1-5,8-9,12,15-16,23-24,26H,6-7,10H2,(H2,19,20,25)/t12-,15-,16-,18-/m1/s1. The number of ether oxygens (including phenoxy) is 2. The van der Waals surface area contributed by atoms with Gasteiger partial charge in [-0.05, 0) is 18.1 Å². The fraction of sp³-hybridized carbons (Fsp3) is 0.389. The molecule has 10 heteroatoms. The van der Waals surface area contributed by atoms with Crippen LogP contribution in [0.1, 0.15) is 12.0 Å². The maximum absolute atomic E-state index is 11.9. The second kappa shape index (κ2) is 8.07. The van der Waals surface area contributed by atoms with Gasteiger partial charge < -0.3 is 30.5 Å². The van der Waals surface area contributed by atoms with Crippen molar-refractivity contribution < 1.29 is 29.6 Å². The molecule has 0 aliphatic carbocycles. The van der Waals surface area contributed by atoms with Crippen molar-refractivity contribution >= 4 is 11.8 Å². The monoisotopic (exact) mass is 391 g/mol. The van der Waals surface area contributed by atoms with Gasteiger partial charge in [-0.2, -0.15) is 4.98 Å². The number of benzene rings is 1. The summed E-state index contributed by atoms with van der Waals surface area (Å²) in [6.45, 7) is -0.411. The highest BCUT2D eigenvalue weighted by Crippen LogP contribution is 2.32. The molecule has 2 heterocycles. The molecule has 0 unspecified atom stereocenters. The molecule has 150 valence electrons. The quantitative estimate of drug-likeness (QED) is 0.440. The first-order valence-corrected chi connectivity index (χ1v) is 8.63. The highest BCUT2D eigenvalue weighted by atomic mass is 16.7. The molecule has 0 bridgehead atoms. The van der Waals surface area contributed by atoms with Crippen LogP contribution in [0, 0.1) is 0 Å². The van der Waals surface area contributed by atoms with Gasteiger partial charge >= 0.3 is 11.7 Å². The second-order valence-electron chi connectivity index (χ2n) is 6.42. The van der Waals surface area contributed by atoms with Crippen molar-refractivity contribution in [3.05, 3.63) is 58.6 Å². The predicted molar refractivity (Wildman–Crippen MR) is 95.7 cm³/mol. The summed E-state index contributed by atoms with van der Waals surface area (Å²) in [5.74, 6) is -3.18. The number of esters is 1. The normalized spacial score (nSPS) is 26.9. The highest BCUT2D eigenvalue weighted by Gasteiger charge is 2.56. The molecule has 5 N–H and O–H groups in total. The summed E-state index contributed by atoms with van der Waals surface area (Å²) in [6.07, 6.45) is -3.05. The number of carbonyl (C=O) groups is 1. The van der Waals surface area contributed by atoms with Crippen molar-refractivity contribution in [3.8, 4) is 0 Å². The minimum atomic E-state index is -2.57. The largest absolute Gasteiger partial charge is 0.463 e. The SMILES string of the molecule is Nc1ccn([C@]2(O)O[C@H](COC(=O)CCc3ccccc3)[C@@H](O)[C@H]2O)c(=O)n1. The van der Waals surface area contributed by atoms with Crippen LogP contribution >= 0.6 is 0 Å². The lowest BCUT2D eigenvalue weighted by Gasteiger charge is -2.27. The summed E-state index contributed by atoms with van der Waals surface area (Å²) in [5, 5.41) is 30.9. The van der Waals surface area contributed by atoms with Crippen LogP contribution in [0.5, 0.6) is 0 Å². The van der Waals surface area contributed by atoms with E-state index in [2.05, 4.69) is 4.98 Å². The van der Waals surface area contributed by atoms with Gasteiger partial charge in [-0.3, -0.25) is 4.79 Å². The lowest BCUT2D eigenvalue weighted by atomic mass is 10.1. The molecule has 2 aromatic rings. The summed E-state index contributed by atoms with van der Waals surface area (Å²) in [7, 11) is 0. The first kappa shape index (κ1) is 20.0. The molecular formula is C18H21N3O7. The Balaban J connectivity index is 1.61. The van der Waals surface area contributed by atoms with E-state index in [-0.39, 0.29) is 12.2 Å². The Morgan fingerprint density at radius 1 is 1.29 bits per heavy atom. The fourth-order valence-electron chi connectivity index (χ4n) is 2.92. The van der Waals surface area contributed by atoms with Crippen molar-refractivity contribution in [1.82, 2.24) is 9.55 Å². The number of hydrogen-bond donors (Lipinski definition) is 4. The van der Waals surface area contributed by atoms with Crippen LogP contribution in [0.25, 0.3) is 0 Å². The Labute approximate surface area is 159 Å². The fourth-order valence-corrected chi connectivity index (χ4v) is 2.92. The third-order valence-electron chi connectivity index (χ3n) is 4.45. The summed E-state index contributed by atoms with van der Waals surface area (Å²) >= 11 is 0. The van der Waals surface area contributed by atoms with Crippen LogP contribution in [0.3, 0.4) is 0 Å². The Bertz CT molecular complexity index is 888. The smallest absolute Gasteiger partial charge is 0.353 e. The zero-order chi connectivity index (χ0) is 20.3. The number of nitrogens with two attached hydrogens (primary N) is 1. The molecule has 10 nitrogen and oxygen atoms in total. The van der Waals surface area contributed by atoms with Crippen LogP contribution in [-0.2, 0) is 26.6 Å². The Hall–Kier alpha value is -2.79. The minimum absolute atomic E-state index is 0.0817. The lowest BCUT2D eigenvalue weighted by Crippen LogP contribution is -2.50. The Morgan fingerprint density at radius 3 is 2.68 bits per heavy atom. The van der Waals surface area contributed by atoms with E-state index >= 15 is 0 Å². The zero-order valence-corrected chi connectivity index (χ0v) is 14.8. The number of nitrogens with zero attached hydrogens (tertiary/aromatic N) is 2. The van der Waals surface area contributed by atoms with E-state index in [0.717, 1.165) is 11.8 Å². The molecule has 0 amide bonds. The Kier molecular flexibility index (Phi) is 5.75. The van der Waals surface area contributed by atoms with Crippen molar-refractivity contribution in [2.45, 2.75) is 37.1 Å². The molecule has 28 heavy (non-hydrogen) atoms. The number of anilines is 1. The average molecular weight is 391 g/mol. The van der Waals surface area contributed by atoms with E-state index < -0.39 is 42.5 Å². The second-order valence-corrected chi connectivity index (χ2v) is 6.42. The number of nitrogen functional groups attached to an aromatic ring is 1. The first-order chi connectivity index (χ1) is 13.3. The summed E-state index contributed by atoms with van der Waals surface area (Å²) in [5.41, 5.74) is 5.39. The van der Waals surface area contributed by atoms with Gasteiger partial charge in [-0.1, -0.05) is 30.3 Å². The maximum atomic E-state index is 11.9. The van der Waals surface area contributed by atoms with Gasteiger partial charge in [0.15, 0.2) is 6.10 Å². The number of aromatic nitrogens is 2. The summed E-state index contributed by atoms with van der Waals surface area (Å²) in [6, 6.07) is 10.6. The third-order valence-corrected chi connectivity index (χ3v) is 4.45. The molecule has 0 radical (unpaired) electrons. The minimum Gasteiger partial charge on any atom is -0.463 e. The number of rotatable bonds is 6. The van der Waals surface area contributed by atoms with E-state index in [1.165, 1.54) is 6.07 Å². The maximum Gasteiger partial charge on any atom is 0.353 e. The van der Waals surface area contributed by atoms with Gasteiger partial charge in [-0.15, -0.1) is 0 Å². The van der Waals surface area contributed by atoms with Crippen molar-refractivity contribution in [3.63, 3.8) is 0 Å². The Morgan fingerprint density at radius 2 is 2.00 bits per heavy atom. The van der Waals surface area contributed by atoms with Gasteiger partial charge in [0.05, 0.1) is 0 Å². The molecule has 0 spiro atoms. The molecular weight excluding hydrogens is 370 g/mol. The van der Waals surface area contributed by atoms with Crippen LogP contribution in [0.2, 0.25) is 0 Å². The van der Waals surface area contributed by atoms with E-state index in [0.29, 0.717) is 11.0 Å². The van der Waals surface area contributed by atoms with Gasteiger partial charge in [0.25, 0.3) is 5.91 Å². The number of aryl methyl sites for hydroxylation is 1. The topological polar surface area (TPSA) is 157 Å². The molecule has 1 aromatic carbocycles. The van der Waals surface area contributed by atoms with Crippen molar-refractivity contribution in [2.75, 3.05) is 12.3 Å². The van der Waals surface area contributed by atoms with Crippen LogP contribution < -0.4 is 11.4 Å². The first-order valence-electron chi connectivity index (χ1n) is 8.63. The summed E-state index contributed by atoms with van der Waals surface area (Å²) < 4.78 is 10.9. The van der Waals surface area contributed by atoms with Crippen LogP contribution in [-0.4, -0.2) is 55.8 Å². The van der Waals surface area contributed by atoms with Crippen molar-refractivity contribution in [2.24, 2.45) is 0 Å². The molecule has 4 atom stereocenters. The van der Waals surface area contributed by atoms with Crippen LogP contribution in [0.4, 0.5) is 5.82 Å². The molecule has 1 aliphatic rings. The number of aliphatic hydroxyl groups is 3. The zero-order valence-electron chi connectivity index (χ0n) is 14.8. The van der Waals surface area contributed by atoms with Crippen molar-refractivity contribution in [1.29, 1.82) is 0 Å². The number of hydrogen-bond acceptors (Lipinski definition) is 9. The van der Waals surface area contributed by atoms with Gasteiger partial charge in [0.2, 0.25) is 0 Å². The van der Waals surface area contributed by atoms with E-state index in [4.69, 9.17) is 15.2 Å². The third kappa shape index (κ3) is 4.04. The van der Waals surface area contributed by atoms with E-state index in [9.17, 15) is 24.9 Å². The molecule has 1 saturated heterocycles. The molecule has 0 saturated carbocycles. The van der Waals surface area contributed by atoms with Gasteiger partial charge in [-0.25, -0.2) is 9.36 Å². The lowest BCUT2D eigenvalue weighted by molar-refractivity contribution is -0.291. The van der Waals surface area contributed by atoms with Gasteiger partial charge in [0.1, 0.15) is 24.6 Å². The average Bonchev–Trinajstić information content (AvgIpc) is 2.90. The molecule has 1 aromatic heterocycles. The van der Waals surface area contributed by atoms with Gasteiger partial charge in [0, 0.05) is 12.6 Å². The molecule has 1 aliphatic heterocycles. The molecule has 1 fully saturated rings. The van der Waals surface area contributed by atoms with E-state index in [1.807, 2.05) is 30.3 Å². The van der Waals surface area contributed by atoms with E-state index in [1.54, 1.807) is 0 Å². The summed E-state index contributed by atoms with van der Waals surface area (Å²) in [4.78, 5) is 27.3. The predicted octanol–water partition coefficient (Wildman–Crippen LogP) is -1.28. The number of aliphatic hydroxyl groups excluding tert-OH is 2. The number of carbonyl (C=O) groups excluding carboxylic acids is 1. The highest BCUT2D eigenvalue weighted by molar-refractivity contribution is 5.69. The van der Waals surface area contributed by atoms with Crippen LogP contribution in [0.15, 0.2) is 47.4 Å².